The summed E-state index contributed by atoms with van der Waals surface area (Å²) in [5.74, 6) is -0.364. The van der Waals surface area contributed by atoms with Crippen LogP contribution in [0, 0.1) is 0 Å². The molecule has 16 heavy (non-hydrogen) atoms. The largest absolute Gasteiger partial charge is 0.455 e. The predicted molar refractivity (Wildman–Crippen MR) is 62.6 cm³/mol. The molecule has 0 aliphatic carbocycles. The SMILES string of the molecule is CC(C)(C)OC(=O)C1=NC=C2C=CN=C2C1. The zero-order chi connectivity index (χ0) is 11.8. The minimum atomic E-state index is -0.487. The third kappa shape index (κ3) is 2.27. The molecule has 2 heterocycles. The Balaban J connectivity index is 2.11. The Labute approximate surface area is 94.4 Å². The van der Waals surface area contributed by atoms with E-state index < -0.39 is 5.60 Å². The molecule has 0 aromatic rings. The van der Waals surface area contributed by atoms with Gasteiger partial charge in [-0.3, -0.25) is 9.98 Å². The van der Waals surface area contributed by atoms with E-state index in [-0.39, 0.29) is 5.97 Å². The average molecular weight is 218 g/mol. The van der Waals surface area contributed by atoms with Crippen molar-refractivity contribution >= 4 is 17.4 Å². The summed E-state index contributed by atoms with van der Waals surface area (Å²) >= 11 is 0. The second-order valence-corrected chi connectivity index (χ2v) is 4.73. The Morgan fingerprint density at radius 1 is 1.38 bits per heavy atom. The van der Waals surface area contributed by atoms with Crippen LogP contribution in [0.4, 0.5) is 0 Å². The highest BCUT2D eigenvalue weighted by Gasteiger charge is 2.25. The number of allylic oxidation sites excluding steroid dienone is 2. The van der Waals surface area contributed by atoms with Gasteiger partial charge >= 0.3 is 5.97 Å². The van der Waals surface area contributed by atoms with Crippen molar-refractivity contribution in [2.75, 3.05) is 0 Å². The Hall–Kier alpha value is -1.71. The van der Waals surface area contributed by atoms with Crippen LogP contribution in [-0.2, 0) is 9.53 Å². The lowest BCUT2D eigenvalue weighted by molar-refractivity contribution is -0.146. The highest BCUT2D eigenvalue weighted by Crippen LogP contribution is 2.18. The number of esters is 1. The van der Waals surface area contributed by atoms with Crippen LogP contribution in [0.2, 0.25) is 0 Å². The molecule has 4 nitrogen and oxygen atoms in total. The van der Waals surface area contributed by atoms with Crippen LogP contribution in [0.5, 0.6) is 0 Å². The van der Waals surface area contributed by atoms with E-state index >= 15 is 0 Å². The van der Waals surface area contributed by atoms with Gasteiger partial charge in [0.25, 0.3) is 0 Å². The second-order valence-electron chi connectivity index (χ2n) is 4.73. The molecular formula is C12H14N2O2. The zero-order valence-corrected chi connectivity index (χ0v) is 9.65. The van der Waals surface area contributed by atoms with Gasteiger partial charge in [-0.05, 0) is 26.8 Å². The van der Waals surface area contributed by atoms with Crippen molar-refractivity contribution in [1.82, 2.24) is 0 Å². The molecule has 0 N–H and O–H groups in total. The molecule has 2 rings (SSSR count). The number of hydrogen-bond acceptors (Lipinski definition) is 4. The Morgan fingerprint density at radius 2 is 2.12 bits per heavy atom. The van der Waals surface area contributed by atoms with E-state index in [0.29, 0.717) is 12.1 Å². The van der Waals surface area contributed by atoms with Gasteiger partial charge in [-0.1, -0.05) is 0 Å². The molecule has 84 valence electrons. The van der Waals surface area contributed by atoms with Crippen LogP contribution >= 0.6 is 0 Å². The lowest BCUT2D eigenvalue weighted by Gasteiger charge is -2.20. The van der Waals surface area contributed by atoms with Gasteiger partial charge in [0.05, 0.1) is 5.71 Å². The molecule has 0 bridgehead atoms. The fraction of sp³-hybridized carbons (Fsp3) is 0.417. The first kappa shape index (κ1) is 10.8. The fourth-order valence-corrected chi connectivity index (χ4v) is 1.46. The van der Waals surface area contributed by atoms with E-state index in [9.17, 15) is 4.79 Å². The molecular weight excluding hydrogens is 204 g/mol. The highest BCUT2D eigenvalue weighted by molar-refractivity contribution is 6.42. The van der Waals surface area contributed by atoms with Gasteiger partial charge in [-0.2, -0.15) is 0 Å². The Bertz CT molecular complexity index is 448. The topological polar surface area (TPSA) is 51.0 Å². The third-order valence-electron chi connectivity index (χ3n) is 2.15. The van der Waals surface area contributed by atoms with Gasteiger partial charge in [-0.15, -0.1) is 0 Å². The summed E-state index contributed by atoms with van der Waals surface area (Å²) in [6, 6.07) is 0. The highest BCUT2D eigenvalue weighted by atomic mass is 16.6. The van der Waals surface area contributed by atoms with Crippen LogP contribution in [0.25, 0.3) is 0 Å². The summed E-state index contributed by atoms with van der Waals surface area (Å²) < 4.78 is 5.25. The summed E-state index contributed by atoms with van der Waals surface area (Å²) in [6.45, 7) is 5.51. The summed E-state index contributed by atoms with van der Waals surface area (Å²) in [7, 11) is 0. The first-order chi connectivity index (χ1) is 7.46. The molecule has 0 aromatic carbocycles. The van der Waals surface area contributed by atoms with Crippen LogP contribution in [0.3, 0.4) is 0 Å². The van der Waals surface area contributed by atoms with E-state index in [4.69, 9.17) is 4.74 Å². The van der Waals surface area contributed by atoms with Gasteiger partial charge in [0.1, 0.15) is 11.3 Å². The van der Waals surface area contributed by atoms with Crippen LogP contribution < -0.4 is 0 Å². The van der Waals surface area contributed by atoms with Gasteiger partial charge in [-0.25, -0.2) is 4.79 Å². The van der Waals surface area contributed by atoms with Gasteiger partial charge in [0, 0.05) is 24.4 Å². The van der Waals surface area contributed by atoms with E-state index in [1.54, 1.807) is 12.4 Å². The maximum absolute atomic E-state index is 11.7. The zero-order valence-electron chi connectivity index (χ0n) is 9.65. The van der Waals surface area contributed by atoms with Crippen molar-refractivity contribution in [3.63, 3.8) is 0 Å². The standard InChI is InChI=1S/C12H14N2O2/c1-12(2,3)16-11(15)10-6-9-8(7-14-10)4-5-13-9/h4-5,7H,6H2,1-3H3. The number of rotatable bonds is 1. The van der Waals surface area contributed by atoms with Crippen molar-refractivity contribution in [3.05, 3.63) is 24.0 Å². The van der Waals surface area contributed by atoms with E-state index in [2.05, 4.69) is 9.98 Å². The van der Waals surface area contributed by atoms with E-state index in [0.717, 1.165) is 11.3 Å². The first-order valence-electron chi connectivity index (χ1n) is 5.19. The molecule has 4 heteroatoms. The number of ether oxygens (including phenoxy) is 1. The second kappa shape index (κ2) is 3.70. The Kier molecular flexibility index (Phi) is 2.50. The first-order valence-corrected chi connectivity index (χ1v) is 5.19. The van der Waals surface area contributed by atoms with Gasteiger partial charge in [0.2, 0.25) is 0 Å². The van der Waals surface area contributed by atoms with Crippen molar-refractivity contribution in [3.8, 4) is 0 Å². The summed E-state index contributed by atoms with van der Waals surface area (Å²) in [5.41, 5.74) is 1.79. The molecule has 0 unspecified atom stereocenters. The van der Waals surface area contributed by atoms with Crippen molar-refractivity contribution < 1.29 is 9.53 Å². The smallest absolute Gasteiger partial charge is 0.353 e. The van der Waals surface area contributed by atoms with Gasteiger partial charge in [0.15, 0.2) is 0 Å². The number of aliphatic imine (C=N–C) groups is 2. The van der Waals surface area contributed by atoms with Crippen molar-refractivity contribution in [2.45, 2.75) is 32.8 Å². The molecule has 0 fully saturated rings. The van der Waals surface area contributed by atoms with Crippen LogP contribution in [0.15, 0.2) is 34.0 Å². The number of carbonyl (C=O) groups excluding carboxylic acids is 1. The predicted octanol–water partition coefficient (Wildman–Crippen LogP) is 2.02. The molecule has 0 radical (unpaired) electrons. The molecule has 0 saturated carbocycles. The van der Waals surface area contributed by atoms with Crippen molar-refractivity contribution in [1.29, 1.82) is 0 Å². The molecule has 0 amide bonds. The Morgan fingerprint density at radius 3 is 2.81 bits per heavy atom. The average Bonchev–Trinajstić information content (AvgIpc) is 2.61. The van der Waals surface area contributed by atoms with Crippen LogP contribution in [-0.4, -0.2) is 23.0 Å². The maximum atomic E-state index is 11.7. The monoisotopic (exact) mass is 218 g/mol. The molecule has 2 aliphatic heterocycles. The van der Waals surface area contributed by atoms with Gasteiger partial charge < -0.3 is 4.74 Å². The molecule has 0 spiro atoms. The van der Waals surface area contributed by atoms with Crippen molar-refractivity contribution in [2.24, 2.45) is 9.98 Å². The quantitative estimate of drug-likeness (QED) is 0.632. The van der Waals surface area contributed by atoms with E-state index in [1.807, 2.05) is 26.8 Å². The number of carbonyl (C=O) groups is 1. The third-order valence-corrected chi connectivity index (χ3v) is 2.15. The lowest BCUT2D eigenvalue weighted by Crippen LogP contribution is -2.31. The maximum Gasteiger partial charge on any atom is 0.353 e. The van der Waals surface area contributed by atoms with E-state index in [1.165, 1.54) is 0 Å². The minimum absolute atomic E-state index is 0.364. The summed E-state index contributed by atoms with van der Waals surface area (Å²) in [6.07, 6.45) is 5.71. The molecule has 0 aromatic heterocycles. The summed E-state index contributed by atoms with van der Waals surface area (Å²) in [5, 5.41) is 0. The number of nitrogens with zero attached hydrogens (tertiary/aromatic N) is 2. The van der Waals surface area contributed by atoms with Crippen LogP contribution in [0.1, 0.15) is 27.2 Å². The lowest BCUT2D eigenvalue weighted by atomic mass is 10.0. The minimum Gasteiger partial charge on any atom is -0.455 e. The molecule has 0 saturated heterocycles. The molecule has 2 aliphatic rings. The summed E-state index contributed by atoms with van der Waals surface area (Å²) in [4.78, 5) is 20.0. The number of fused-ring (bicyclic) bond motifs is 1. The fourth-order valence-electron chi connectivity index (χ4n) is 1.46. The normalized spacial score (nSPS) is 18.6. The number of hydrogen-bond donors (Lipinski definition) is 0. The molecule has 0 atom stereocenters.